The van der Waals surface area contributed by atoms with E-state index in [2.05, 4.69) is 41.1 Å². The van der Waals surface area contributed by atoms with E-state index in [1.165, 1.54) is 22.2 Å². The van der Waals surface area contributed by atoms with Crippen LogP contribution in [0.25, 0.3) is 10.9 Å². The third kappa shape index (κ3) is 1.07. The largest absolute Gasteiger partial charge is 0.342 e. The van der Waals surface area contributed by atoms with E-state index in [9.17, 15) is 0 Å². The maximum Gasteiger partial charge on any atom is 0.0486 e. The van der Waals surface area contributed by atoms with Gasteiger partial charge in [0.05, 0.1) is 0 Å². The molecule has 2 nitrogen and oxygen atoms in total. The van der Waals surface area contributed by atoms with E-state index in [1.54, 1.807) is 0 Å². The minimum absolute atomic E-state index is 1.01. The van der Waals surface area contributed by atoms with Crippen molar-refractivity contribution in [2.24, 2.45) is 0 Å². The number of hydrogen-bond acceptors (Lipinski definition) is 1. The highest BCUT2D eigenvalue weighted by Gasteiger charge is 2.11. The average molecular weight is 186 g/mol. The molecule has 2 heteroatoms. The first kappa shape index (κ1) is 8.06. The van der Waals surface area contributed by atoms with Crippen LogP contribution in [-0.4, -0.2) is 11.1 Å². The van der Waals surface area contributed by atoms with Crippen LogP contribution in [0.15, 0.2) is 24.3 Å². The first-order valence-corrected chi connectivity index (χ1v) is 5.14. The highest BCUT2D eigenvalue weighted by atomic mass is 15.1. The maximum absolute atomic E-state index is 3.40. The summed E-state index contributed by atoms with van der Waals surface area (Å²) in [6.07, 6.45) is 0. The molecule has 0 saturated carbocycles. The van der Waals surface area contributed by atoms with Gasteiger partial charge in [0, 0.05) is 30.8 Å². The van der Waals surface area contributed by atoms with Gasteiger partial charge in [-0.3, -0.25) is 0 Å². The Balaban J connectivity index is 2.32. The monoisotopic (exact) mass is 186 g/mol. The van der Waals surface area contributed by atoms with Gasteiger partial charge in [0.15, 0.2) is 0 Å². The molecule has 0 amide bonds. The molecule has 1 aliphatic rings. The molecule has 2 aromatic rings. The van der Waals surface area contributed by atoms with Crippen molar-refractivity contribution in [3.05, 3.63) is 35.5 Å². The Hall–Kier alpha value is -1.28. The van der Waals surface area contributed by atoms with Gasteiger partial charge in [-0.25, -0.2) is 0 Å². The Morgan fingerprint density at radius 2 is 2.21 bits per heavy atom. The third-order valence-corrected chi connectivity index (χ3v) is 2.96. The second-order valence-corrected chi connectivity index (χ2v) is 4.03. The van der Waals surface area contributed by atoms with Crippen molar-refractivity contribution in [3.63, 3.8) is 0 Å². The maximum atomic E-state index is 3.40. The van der Waals surface area contributed by atoms with Crippen LogP contribution in [0.1, 0.15) is 11.3 Å². The van der Waals surface area contributed by atoms with Gasteiger partial charge in [-0.05, 0) is 30.0 Å². The molecule has 72 valence electrons. The summed E-state index contributed by atoms with van der Waals surface area (Å²) in [5.74, 6) is 0. The van der Waals surface area contributed by atoms with E-state index < -0.39 is 0 Å². The van der Waals surface area contributed by atoms with Gasteiger partial charge in [0.1, 0.15) is 0 Å². The number of aromatic nitrogens is 1. The van der Waals surface area contributed by atoms with E-state index in [4.69, 9.17) is 0 Å². The molecule has 1 aliphatic heterocycles. The van der Waals surface area contributed by atoms with Gasteiger partial charge < -0.3 is 9.88 Å². The first-order valence-electron chi connectivity index (χ1n) is 5.14. The lowest BCUT2D eigenvalue weighted by Gasteiger charge is -2.17. The zero-order valence-corrected chi connectivity index (χ0v) is 8.38. The zero-order valence-electron chi connectivity index (χ0n) is 8.38. The number of fused-ring (bicyclic) bond motifs is 3. The number of nitrogens with one attached hydrogen (secondary N) is 1. The van der Waals surface area contributed by atoms with Crippen molar-refractivity contribution >= 4 is 10.9 Å². The van der Waals surface area contributed by atoms with E-state index in [0.29, 0.717) is 0 Å². The second-order valence-electron chi connectivity index (χ2n) is 4.03. The fraction of sp³-hybridized carbons (Fsp3) is 0.333. The molecule has 1 aromatic heterocycles. The summed E-state index contributed by atoms with van der Waals surface area (Å²) in [7, 11) is 0. The van der Waals surface area contributed by atoms with E-state index in [0.717, 1.165) is 19.6 Å². The summed E-state index contributed by atoms with van der Waals surface area (Å²) < 4.78 is 2.43. The quantitative estimate of drug-likeness (QED) is 0.666. The predicted octanol–water partition coefficient (Wildman–Crippen LogP) is 2.05. The SMILES string of the molecule is Cc1ccc2cc3n(c2c1)CCNC3. The number of hydrogen-bond donors (Lipinski definition) is 1. The van der Waals surface area contributed by atoms with Crippen LogP contribution in [0.4, 0.5) is 0 Å². The molecule has 14 heavy (non-hydrogen) atoms. The molecule has 0 radical (unpaired) electrons. The van der Waals surface area contributed by atoms with Gasteiger partial charge >= 0.3 is 0 Å². The number of aryl methyl sites for hydroxylation is 1. The van der Waals surface area contributed by atoms with Crippen LogP contribution in [0, 0.1) is 6.92 Å². The Bertz CT molecular complexity index is 482. The molecule has 0 unspecified atom stereocenters. The van der Waals surface area contributed by atoms with Crippen LogP contribution in [0.2, 0.25) is 0 Å². The molecular formula is C12H14N2. The summed E-state index contributed by atoms with van der Waals surface area (Å²) >= 11 is 0. The Labute approximate surface area is 83.5 Å². The van der Waals surface area contributed by atoms with Crippen molar-refractivity contribution < 1.29 is 0 Å². The Kier molecular flexibility index (Phi) is 1.64. The van der Waals surface area contributed by atoms with Crippen molar-refractivity contribution in [2.75, 3.05) is 6.54 Å². The standard InChI is InChI=1S/C12H14N2/c1-9-2-3-10-7-11-8-13-4-5-14(11)12(10)6-9/h2-3,6-7,13H,4-5,8H2,1H3. The zero-order chi connectivity index (χ0) is 9.54. The highest BCUT2D eigenvalue weighted by Crippen LogP contribution is 2.22. The fourth-order valence-electron chi connectivity index (χ4n) is 2.24. The lowest BCUT2D eigenvalue weighted by atomic mass is 10.2. The fourth-order valence-corrected chi connectivity index (χ4v) is 2.24. The van der Waals surface area contributed by atoms with E-state index in [-0.39, 0.29) is 0 Å². The van der Waals surface area contributed by atoms with Gasteiger partial charge in [-0.1, -0.05) is 12.1 Å². The Morgan fingerprint density at radius 1 is 1.29 bits per heavy atom. The summed E-state index contributed by atoms with van der Waals surface area (Å²) in [5, 5.41) is 4.77. The molecule has 2 heterocycles. The van der Waals surface area contributed by atoms with Crippen molar-refractivity contribution in [1.29, 1.82) is 0 Å². The van der Waals surface area contributed by atoms with Crippen LogP contribution < -0.4 is 5.32 Å². The van der Waals surface area contributed by atoms with Crippen LogP contribution in [0.5, 0.6) is 0 Å². The lowest BCUT2D eigenvalue weighted by molar-refractivity contribution is 0.527. The third-order valence-electron chi connectivity index (χ3n) is 2.96. The summed E-state index contributed by atoms with van der Waals surface area (Å²) in [4.78, 5) is 0. The van der Waals surface area contributed by atoms with E-state index >= 15 is 0 Å². The van der Waals surface area contributed by atoms with E-state index in [1.807, 2.05) is 0 Å². The summed E-state index contributed by atoms with van der Waals surface area (Å²) in [6, 6.07) is 8.98. The lowest BCUT2D eigenvalue weighted by Crippen LogP contribution is -2.27. The van der Waals surface area contributed by atoms with Crippen LogP contribution in [0.3, 0.4) is 0 Å². The van der Waals surface area contributed by atoms with Crippen molar-refractivity contribution in [1.82, 2.24) is 9.88 Å². The average Bonchev–Trinajstić information content (AvgIpc) is 2.56. The molecule has 0 saturated heterocycles. The molecule has 0 atom stereocenters. The smallest absolute Gasteiger partial charge is 0.0486 e. The van der Waals surface area contributed by atoms with Gasteiger partial charge in [0.25, 0.3) is 0 Å². The summed E-state index contributed by atoms with van der Waals surface area (Å²) in [5.41, 5.74) is 4.15. The Morgan fingerprint density at radius 3 is 3.14 bits per heavy atom. The van der Waals surface area contributed by atoms with Gasteiger partial charge in [-0.2, -0.15) is 0 Å². The van der Waals surface area contributed by atoms with Crippen LogP contribution >= 0.6 is 0 Å². The van der Waals surface area contributed by atoms with Gasteiger partial charge in [0.2, 0.25) is 0 Å². The molecule has 0 bridgehead atoms. The number of nitrogens with zero attached hydrogens (tertiary/aromatic N) is 1. The molecule has 0 spiro atoms. The topological polar surface area (TPSA) is 17.0 Å². The van der Waals surface area contributed by atoms with Crippen LogP contribution in [-0.2, 0) is 13.1 Å². The highest BCUT2D eigenvalue weighted by molar-refractivity contribution is 5.82. The molecular weight excluding hydrogens is 172 g/mol. The second kappa shape index (κ2) is 2.85. The predicted molar refractivity (Wildman–Crippen MR) is 58.4 cm³/mol. The molecule has 1 aromatic carbocycles. The first-order chi connectivity index (χ1) is 6.84. The number of benzene rings is 1. The minimum atomic E-state index is 1.01. The number of rotatable bonds is 0. The molecule has 0 fully saturated rings. The molecule has 3 rings (SSSR count). The van der Waals surface area contributed by atoms with Gasteiger partial charge in [-0.15, -0.1) is 0 Å². The minimum Gasteiger partial charge on any atom is -0.342 e. The molecule has 0 aliphatic carbocycles. The van der Waals surface area contributed by atoms with Crippen molar-refractivity contribution in [3.8, 4) is 0 Å². The van der Waals surface area contributed by atoms with Crippen molar-refractivity contribution in [2.45, 2.75) is 20.0 Å². The molecule has 1 N–H and O–H groups in total. The summed E-state index contributed by atoms with van der Waals surface area (Å²) in [6.45, 7) is 5.35. The normalized spacial score (nSPS) is 15.8.